The number of amides is 2. The van der Waals surface area contributed by atoms with Crippen molar-refractivity contribution in [1.82, 2.24) is 10.2 Å². The van der Waals surface area contributed by atoms with E-state index in [1.165, 1.54) is 11.0 Å². The molecule has 1 N–H and O–H groups in total. The molecule has 0 aromatic heterocycles. The monoisotopic (exact) mass is 539 g/mol. The van der Waals surface area contributed by atoms with Gasteiger partial charge in [0.15, 0.2) is 0 Å². The third-order valence-corrected chi connectivity index (χ3v) is 7.23. The zero-order chi connectivity index (χ0) is 27.7. The largest absolute Gasteiger partial charge is 0.354 e. The van der Waals surface area contributed by atoms with E-state index in [9.17, 15) is 22.4 Å². The molecule has 0 spiro atoms. The van der Waals surface area contributed by atoms with E-state index in [2.05, 4.69) is 5.32 Å². The number of nitrogens with one attached hydrogen (secondary N) is 1. The minimum atomic E-state index is -3.85. The van der Waals surface area contributed by atoms with Crippen molar-refractivity contribution in [1.29, 1.82) is 0 Å². The van der Waals surface area contributed by atoms with Crippen LogP contribution in [0.2, 0.25) is 0 Å². The molecule has 0 bridgehead atoms. The Balaban J connectivity index is 2.05. The number of carbonyl (C=O) groups excluding carboxylic acids is 2. The summed E-state index contributed by atoms with van der Waals surface area (Å²) in [6.45, 7) is 3.41. The Morgan fingerprint density at radius 2 is 1.66 bits per heavy atom. The standard InChI is InChI=1S/C29H34FN3O4S/c1-4-17-31-29(35)27(19-23-12-6-5-7-13-23)32(20-24-14-8-9-16-26(24)30)28(34)21-33(38(3,36)37)25-15-10-11-22(2)18-25/h5-16,18,27H,4,17,19-21H2,1-3H3,(H,31,35)/t27-/m1/s1. The zero-order valence-electron chi connectivity index (χ0n) is 21.9. The fourth-order valence-corrected chi connectivity index (χ4v) is 4.97. The molecule has 38 heavy (non-hydrogen) atoms. The van der Waals surface area contributed by atoms with E-state index in [-0.39, 0.29) is 24.4 Å². The summed E-state index contributed by atoms with van der Waals surface area (Å²) in [6.07, 6.45) is 1.90. The number of benzene rings is 3. The van der Waals surface area contributed by atoms with Gasteiger partial charge in [-0.1, -0.05) is 67.6 Å². The molecular formula is C29H34FN3O4S. The number of hydrogen-bond donors (Lipinski definition) is 1. The third-order valence-electron chi connectivity index (χ3n) is 6.09. The summed E-state index contributed by atoms with van der Waals surface area (Å²) in [7, 11) is -3.85. The van der Waals surface area contributed by atoms with Crippen LogP contribution in [0.5, 0.6) is 0 Å². The lowest BCUT2D eigenvalue weighted by Crippen LogP contribution is -2.53. The maximum absolute atomic E-state index is 14.7. The van der Waals surface area contributed by atoms with Gasteiger partial charge in [-0.3, -0.25) is 13.9 Å². The van der Waals surface area contributed by atoms with E-state index >= 15 is 0 Å². The van der Waals surface area contributed by atoms with Crippen LogP contribution in [0.4, 0.5) is 10.1 Å². The number of nitrogens with zero attached hydrogens (tertiary/aromatic N) is 2. The van der Waals surface area contributed by atoms with Crippen LogP contribution < -0.4 is 9.62 Å². The molecule has 0 saturated carbocycles. The summed E-state index contributed by atoms with van der Waals surface area (Å²) >= 11 is 0. The minimum absolute atomic E-state index is 0.180. The van der Waals surface area contributed by atoms with Crippen LogP contribution in [-0.2, 0) is 32.6 Å². The lowest BCUT2D eigenvalue weighted by atomic mass is 10.0. The first-order valence-electron chi connectivity index (χ1n) is 12.5. The Kier molecular flexibility index (Phi) is 10.0. The zero-order valence-corrected chi connectivity index (χ0v) is 22.7. The van der Waals surface area contributed by atoms with E-state index < -0.39 is 34.3 Å². The SMILES string of the molecule is CCCNC(=O)[C@@H](Cc1ccccc1)N(Cc1ccccc1F)C(=O)CN(c1cccc(C)c1)S(C)(=O)=O. The number of carbonyl (C=O) groups is 2. The topological polar surface area (TPSA) is 86.8 Å². The van der Waals surface area contributed by atoms with E-state index in [4.69, 9.17) is 0 Å². The third kappa shape index (κ3) is 7.89. The first-order chi connectivity index (χ1) is 18.1. The molecule has 0 unspecified atom stereocenters. The van der Waals surface area contributed by atoms with Crippen LogP contribution in [-0.4, -0.2) is 50.5 Å². The lowest BCUT2D eigenvalue weighted by molar-refractivity contribution is -0.140. The van der Waals surface area contributed by atoms with Crippen molar-refractivity contribution in [3.8, 4) is 0 Å². The second kappa shape index (κ2) is 13.2. The second-order valence-electron chi connectivity index (χ2n) is 9.22. The Labute approximate surface area is 224 Å². The van der Waals surface area contributed by atoms with Crippen molar-refractivity contribution in [3.05, 3.63) is 101 Å². The van der Waals surface area contributed by atoms with Crippen LogP contribution in [0, 0.1) is 12.7 Å². The van der Waals surface area contributed by atoms with Crippen LogP contribution in [0.1, 0.15) is 30.0 Å². The molecule has 7 nitrogen and oxygen atoms in total. The van der Waals surface area contributed by atoms with Gasteiger partial charge in [-0.15, -0.1) is 0 Å². The van der Waals surface area contributed by atoms with Gasteiger partial charge in [-0.25, -0.2) is 12.8 Å². The molecule has 202 valence electrons. The molecule has 0 heterocycles. The van der Waals surface area contributed by atoms with Gasteiger partial charge < -0.3 is 10.2 Å². The fourth-order valence-electron chi connectivity index (χ4n) is 4.13. The molecule has 9 heteroatoms. The average Bonchev–Trinajstić information content (AvgIpc) is 2.88. The molecule has 2 amide bonds. The molecule has 0 fully saturated rings. The molecule has 1 atom stereocenters. The van der Waals surface area contributed by atoms with Gasteiger partial charge in [0.1, 0.15) is 18.4 Å². The number of rotatable bonds is 12. The van der Waals surface area contributed by atoms with E-state index in [1.807, 2.05) is 50.2 Å². The summed E-state index contributed by atoms with van der Waals surface area (Å²) in [5.41, 5.74) is 2.20. The van der Waals surface area contributed by atoms with Gasteiger partial charge >= 0.3 is 0 Å². The summed E-state index contributed by atoms with van der Waals surface area (Å²) < 4.78 is 41.3. The van der Waals surface area contributed by atoms with Crippen molar-refractivity contribution in [2.75, 3.05) is 23.7 Å². The molecule has 0 radical (unpaired) electrons. The number of anilines is 1. The molecule has 0 aliphatic carbocycles. The minimum Gasteiger partial charge on any atom is -0.354 e. The Morgan fingerprint density at radius 3 is 2.29 bits per heavy atom. The summed E-state index contributed by atoms with van der Waals surface area (Å²) in [4.78, 5) is 28.6. The van der Waals surface area contributed by atoms with Gasteiger partial charge in [0, 0.05) is 25.1 Å². The number of aryl methyl sites for hydroxylation is 1. The van der Waals surface area contributed by atoms with E-state index in [0.29, 0.717) is 18.7 Å². The molecular weight excluding hydrogens is 505 g/mol. The van der Waals surface area contributed by atoms with Crippen molar-refractivity contribution in [3.63, 3.8) is 0 Å². The average molecular weight is 540 g/mol. The van der Waals surface area contributed by atoms with Crippen molar-refractivity contribution < 1.29 is 22.4 Å². The van der Waals surface area contributed by atoms with Gasteiger partial charge in [0.25, 0.3) is 0 Å². The summed E-state index contributed by atoms with van der Waals surface area (Å²) in [5.74, 6) is -1.52. The van der Waals surface area contributed by atoms with Crippen LogP contribution >= 0.6 is 0 Å². The quantitative estimate of drug-likeness (QED) is 0.376. The fraction of sp³-hybridized carbons (Fsp3) is 0.310. The predicted octanol–water partition coefficient (Wildman–Crippen LogP) is 4.07. The Morgan fingerprint density at radius 1 is 0.974 bits per heavy atom. The number of hydrogen-bond acceptors (Lipinski definition) is 4. The lowest BCUT2D eigenvalue weighted by Gasteiger charge is -2.33. The smallest absolute Gasteiger partial charge is 0.244 e. The highest BCUT2D eigenvalue weighted by Crippen LogP contribution is 2.22. The maximum Gasteiger partial charge on any atom is 0.244 e. The molecule has 3 aromatic carbocycles. The van der Waals surface area contributed by atoms with Gasteiger partial charge in [-0.05, 0) is 42.7 Å². The molecule has 0 aliphatic rings. The Hall–Kier alpha value is -3.72. The normalized spacial score (nSPS) is 12.0. The summed E-state index contributed by atoms with van der Waals surface area (Å²) in [6, 6.07) is 21.1. The molecule has 0 aliphatic heterocycles. The van der Waals surface area contributed by atoms with Gasteiger partial charge in [0.05, 0.1) is 11.9 Å². The summed E-state index contributed by atoms with van der Waals surface area (Å²) in [5, 5.41) is 2.85. The number of halogens is 1. The van der Waals surface area contributed by atoms with E-state index in [0.717, 1.165) is 21.7 Å². The molecule has 0 saturated heterocycles. The Bertz CT molecular complexity index is 1350. The van der Waals surface area contributed by atoms with Crippen LogP contribution in [0.25, 0.3) is 0 Å². The van der Waals surface area contributed by atoms with Crippen LogP contribution in [0.15, 0.2) is 78.9 Å². The highest BCUT2D eigenvalue weighted by atomic mass is 32.2. The van der Waals surface area contributed by atoms with Crippen LogP contribution in [0.3, 0.4) is 0 Å². The number of sulfonamides is 1. The predicted molar refractivity (Wildman–Crippen MR) is 148 cm³/mol. The highest BCUT2D eigenvalue weighted by Gasteiger charge is 2.33. The second-order valence-corrected chi connectivity index (χ2v) is 11.1. The van der Waals surface area contributed by atoms with Crippen molar-refractivity contribution in [2.24, 2.45) is 0 Å². The first-order valence-corrected chi connectivity index (χ1v) is 14.3. The van der Waals surface area contributed by atoms with Crippen molar-refractivity contribution >= 4 is 27.5 Å². The van der Waals surface area contributed by atoms with E-state index in [1.54, 1.807) is 36.4 Å². The van der Waals surface area contributed by atoms with Crippen molar-refractivity contribution in [2.45, 2.75) is 39.3 Å². The first kappa shape index (κ1) is 28.8. The molecule has 3 rings (SSSR count). The molecule has 3 aromatic rings. The van der Waals surface area contributed by atoms with Gasteiger partial charge in [-0.2, -0.15) is 0 Å². The highest BCUT2D eigenvalue weighted by molar-refractivity contribution is 7.92. The maximum atomic E-state index is 14.7. The van der Waals surface area contributed by atoms with Gasteiger partial charge in [0.2, 0.25) is 21.8 Å².